The summed E-state index contributed by atoms with van der Waals surface area (Å²) in [6.07, 6.45) is 2.23. The molecule has 0 radical (unpaired) electrons. The first-order chi connectivity index (χ1) is 12.1. The molecular weight excluding hydrogens is 336 g/mol. The Morgan fingerprint density at radius 1 is 1.36 bits per heavy atom. The predicted molar refractivity (Wildman–Crippen MR) is 100 cm³/mol. The average molecular weight is 360 g/mol. The smallest absolute Gasteiger partial charge is 0.234 e. The minimum absolute atomic E-state index is 0.0562. The summed E-state index contributed by atoms with van der Waals surface area (Å²) in [6, 6.07) is 8.82. The minimum Gasteiger partial charge on any atom is -0.369 e. The zero-order valence-corrected chi connectivity index (χ0v) is 15.7. The second kappa shape index (κ2) is 7.86. The van der Waals surface area contributed by atoms with Gasteiger partial charge in [0.1, 0.15) is 0 Å². The number of rotatable bonds is 8. The molecule has 1 amide bonds. The first kappa shape index (κ1) is 17.7. The highest BCUT2D eigenvalue weighted by Gasteiger charge is 2.28. The van der Waals surface area contributed by atoms with Crippen molar-refractivity contribution in [3.8, 4) is 0 Å². The Morgan fingerprint density at radius 2 is 2.08 bits per heavy atom. The Bertz CT molecular complexity index is 710. The van der Waals surface area contributed by atoms with Crippen molar-refractivity contribution >= 4 is 29.0 Å². The van der Waals surface area contributed by atoms with Gasteiger partial charge in [-0.2, -0.15) is 0 Å². The lowest BCUT2D eigenvalue weighted by molar-refractivity contribution is -0.113. The number of carbonyl (C=O) groups excluding carboxylic acids is 1. The summed E-state index contributed by atoms with van der Waals surface area (Å²) in [4.78, 5) is 14.5. The quantitative estimate of drug-likeness (QED) is 0.730. The molecule has 0 aliphatic heterocycles. The van der Waals surface area contributed by atoms with Crippen LogP contribution < -0.4 is 10.2 Å². The molecule has 1 aromatic heterocycles. The van der Waals surface area contributed by atoms with Crippen molar-refractivity contribution in [2.75, 3.05) is 22.5 Å². The van der Waals surface area contributed by atoms with E-state index in [2.05, 4.69) is 46.5 Å². The lowest BCUT2D eigenvalue weighted by Crippen LogP contribution is -2.30. The lowest BCUT2D eigenvalue weighted by Gasteiger charge is -2.27. The minimum atomic E-state index is -0.0562. The molecule has 8 heteroatoms. The largest absolute Gasteiger partial charge is 0.369 e. The van der Waals surface area contributed by atoms with Gasteiger partial charge in [-0.25, -0.2) is 4.68 Å². The first-order valence-electron chi connectivity index (χ1n) is 8.65. The Kier molecular flexibility index (Phi) is 5.57. The van der Waals surface area contributed by atoms with Gasteiger partial charge >= 0.3 is 0 Å². The Labute approximate surface area is 152 Å². The van der Waals surface area contributed by atoms with Crippen LogP contribution >= 0.6 is 11.8 Å². The van der Waals surface area contributed by atoms with E-state index in [9.17, 15) is 4.79 Å². The number of amides is 1. The van der Waals surface area contributed by atoms with Gasteiger partial charge in [-0.15, -0.1) is 5.10 Å². The van der Waals surface area contributed by atoms with E-state index in [1.54, 1.807) is 0 Å². The normalized spacial score (nSPS) is 13.9. The monoisotopic (exact) mass is 360 g/mol. The number of thioether (sulfide) groups is 1. The highest BCUT2D eigenvalue weighted by atomic mass is 32.2. The molecule has 0 atom stereocenters. The van der Waals surface area contributed by atoms with Gasteiger partial charge in [-0.3, -0.25) is 4.79 Å². The fraction of sp³-hybridized carbons (Fsp3) is 0.529. The van der Waals surface area contributed by atoms with Crippen molar-refractivity contribution < 1.29 is 4.79 Å². The first-order valence-corrected chi connectivity index (χ1v) is 9.64. The van der Waals surface area contributed by atoms with E-state index in [4.69, 9.17) is 0 Å². The number of carbonyl (C=O) groups is 1. The molecule has 3 rings (SSSR count). The summed E-state index contributed by atoms with van der Waals surface area (Å²) in [7, 11) is 0. The van der Waals surface area contributed by atoms with E-state index in [-0.39, 0.29) is 5.91 Å². The van der Waals surface area contributed by atoms with Crippen molar-refractivity contribution in [3.63, 3.8) is 0 Å². The number of hydrogen-bond acceptors (Lipinski definition) is 6. The number of nitrogens with zero attached hydrogens (tertiary/aromatic N) is 5. The van der Waals surface area contributed by atoms with Gasteiger partial charge in [0, 0.05) is 24.0 Å². The molecule has 0 unspecified atom stereocenters. The molecule has 1 aliphatic carbocycles. The van der Waals surface area contributed by atoms with E-state index in [0.29, 0.717) is 23.0 Å². The van der Waals surface area contributed by atoms with Crippen molar-refractivity contribution in [2.45, 2.75) is 50.9 Å². The van der Waals surface area contributed by atoms with E-state index in [1.807, 2.05) is 28.9 Å². The maximum Gasteiger partial charge on any atom is 0.234 e. The zero-order valence-electron chi connectivity index (χ0n) is 14.8. The standard InChI is InChI=1S/C17H24N6OS/c1-4-22(12(2)3)14-7-5-13(6-8-14)18-16(24)11-25-17-19-20-21-23(17)15-9-10-15/h5-8,12,15H,4,9-11H2,1-3H3,(H,18,24). The molecule has 25 heavy (non-hydrogen) atoms. The second-order valence-corrected chi connectivity index (χ2v) is 7.34. The van der Waals surface area contributed by atoms with Crippen LogP contribution in [0.2, 0.25) is 0 Å². The Hall–Kier alpha value is -2.09. The molecule has 1 heterocycles. The topological polar surface area (TPSA) is 75.9 Å². The van der Waals surface area contributed by atoms with Gasteiger partial charge < -0.3 is 10.2 Å². The third-order valence-electron chi connectivity index (χ3n) is 4.13. The summed E-state index contributed by atoms with van der Waals surface area (Å²) < 4.78 is 1.82. The van der Waals surface area contributed by atoms with Crippen LogP contribution in [0.5, 0.6) is 0 Å². The molecule has 0 bridgehead atoms. The third-order valence-corrected chi connectivity index (χ3v) is 5.07. The molecule has 1 saturated carbocycles. The molecule has 1 N–H and O–H groups in total. The maximum absolute atomic E-state index is 12.2. The molecule has 1 fully saturated rings. The predicted octanol–water partition coefficient (Wildman–Crippen LogP) is 2.97. The molecule has 0 saturated heterocycles. The Morgan fingerprint density at radius 3 is 2.68 bits per heavy atom. The van der Waals surface area contributed by atoms with Gasteiger partial charge in [0.25, 0.3) is 0 Å². The van der Waals surface area contributed by atoms with Crippen LogP contribution in [0.4, 0.5) is 11.4 Å². The number of tetrazole rings is 1. The zero-order chi connectivity index (χ0) is 17.8. The highest BCUT2D eigenvalue weighted by molar-refractivity contribution is 7.99. The fourth-order valence-electron chi connectivity index (χ4n) is 2.74. The van der Waals surface area contributed by atoms with Gasteiger partial charge in [0.2, 0.25) is 11.1 Å². The van der Waals surface area contributed by atoms with Crippen LogP contribution in [0.3, 0.4) is 0 Å². The van der Waals surface area contributed by atoms with Gasteiger partial charge in [0.05, 0.1) is 11.8 Å². The van der Waals surface area contributed by atoms with Crippen LogP contribution in [0, 0.1) is 0 Å². The van der Waals surface area contributed by atoms with Crippen LogP contribution in [0.25, 0.3) is 0 Å². The number of aromatic nitrogens is 4. The fourth-order valence-corrected chi connectivity index (χ4v) is 3.48. The average Bonchev–Trinajstić information content (AvgIpc) is 3.33. The summed E-state index contributed by atoms with van der Waals surface area (Å²) in [5.41, 5.74) is 1.96. The van der Waals surface area contributed by atoms with Crippen molar-refractivity contribution in [1.29, 1.82) is 0 Å². The third kappa shape index (κ3) is 4.50. The highest BCUT2D eigenvalue weighted by Crippen LogP contribution is 2.36. The number of hydrogen-bond donors (Lipinski definition) is 1. The van der Waals surface area contributed by atoms with Crippen molar-refractivity contribution in [3.05, 3.63) is 24.3 Å². The van der Waals surface area contributed by atoms with Crippen molar-refractivity contribution in [1.82, 2.24) is 20.2 Å². The number of benzene rings is 1. The van der Waals surface area contributed by atoms with Crippen LogP contribution in [0.15, 0.2) is 29.4 Å². The van der Waals surface area contributed by atoms with E-state index in [1.165, 1.54) is 11.8 Å². The van der Waals surface area contributed by atoms with Crippen LogP contribution in [-0.2, 0) is 4.79 Å². The van der Waals surface area contributed by atoms with Crippen LogP contribution in [-0.4, -0.2) is 44.5 Å². The number of anilines is 2. The van der Waals surface area contributed by atoms with Gasteiger partial charge in [-0.05, 0) is 68.3 Å². The summed E-state index contributed by atoms with van der Waals surface area (Å²) in [6.45, 7) is 7.44. The van der Waals surface area contributed by atoms with Gasteiger partial charge in [0.15, 0.2) is 0 Å². The molecule has 2 aromatic rings. The molecule has 7 nitrogen and oxygen atoms in total. The molecule has 0 spiro atoms. The molecule has 1 aliphatic rings. The summed E-state index contributed by atoms with van der Waals surface area (Å²) >= 11 is 1.37. The van der Waals surface area contributed by atoms with Crippen LogP contribution in [0.1, 0.15) is 39.7 Å². The molecule has 134 valence electrons. The van der Waals surface area contributed by atoms with Crippen molar-refractivity contribution in [2.24, 2.45) is 0 Å². The maximum atomic E-state index is 12.2. The molecular formula is C17H24N6OS. The van der Waals surface area contributed by atoms with Gasteiger partial charge in [-0.1, -0.05) is 11.8 Å². The van der Waals surface area contributed by atoms with E-state index >= 15 is 0 Å². The second-order valence-electron chi connectivity index (χ2n) is 6.40. The van der Waals surface area contributed by atoms with E-state index < -0.39 is 0 Å². The van der Waals surface area contributed by atoms with E-state index in [0.717, 1.165) is 30.8 Å². The summed E-state index contributed by atoms with van der Waals surface area (Å²) in [5.74, 6) is 0.237. The summed E-state index contributed by atoms with van der Waals surface area (Å²) in [5, 5.41) is 15.3. The molecule has 1 aromatic carbocycles. The number of nitrogens with one attached hydrogen (secondary N) is 1. The Balaban J connectivity index is 1.53. The SMILES string of the molecule is CCN(c1ccc(NC(=O)CSc2nnnn2C2CC2)cc1)C(C)C. The lowest BCUT2D eigenvalue weighted by atomic mass is 10.2.